The van der Waals surface area contributed by atoms with Crippen molar-refractivity contribution in [2.24, 2.45) is 0 Å². The first-order valence-electron chi connectivity index (χ1n) is 8.60. The Hall–Kier alpha value is -3.23. The highest BCUT2D eigenvalue weighted by Crippen LogP contribution is 2.33. The van der Waals surface area contributed by atoms with Crippen molar-refractivity contribution < 1.29 is 26.7 Å². The molecule has 2 aromatic carbocycles. The molecule has 1 heterocycles. The van der Waals surface area contributed by atoms with Gasteiger partial charge in [0.05, 0.1) is 17.4 Å². The van der Waals surface area contributed by atoms with E-state index in [1.807, 2.05) is 0 Å². The topological polar surface area (TPSA) is 46.9 Å². The zero-order valence-electron chi connectivity index (χ0n) is 15.2. The van der Waals surface area contributed by atoms with Crippen molar-refractivity contribution in [2.75, 3.05) is 6.54 Å². The largest absolute Gasteiger partial charge is 0.434 e. The normalized spacial score (nSPS) is 11.5. The van der Waals surface area contributed by atoms with Crippen LogP contribution in [0.5, 0.6) is 0 Å². The zero-order chi connectivity index (χ0) is 21.2. The first kappa shape index (κ1) is 20.5. The fraction of sp³-hybridized carbons (Fsp3) is 0.200. The molecule has 29 heavy (non-hydrogen) atoms. The predicted molar refractivity (Wildman–Crippen MR) is 95.7 cm³/mol. The highest BCUT2D eigenvalue weighted by Gasteiger charge is 2.40. The van der Waals surface area contributed by atoms with E-state index < -0.39 is 35.0 Å². The molecule has 0 bridgehead atoms. The van der Waals surface area contributed by atoms with Crippen LogP contribution in [0.25, 0.3) is 5.69 Å². The molecule has 0 fully saturated rings. The Kier molecular flexibility index (Phi) is 5.67. The van der Waals surface area contributed by atoms with Gasteiger partial charge in [0.25, 0.3) is 5.91 Å². The molecule has 1 aromatic heterocycles. The molecule has 0 aliphatic carbocycles. The molecule has 152 valence electrons. The molecular formula is C20H16F5N3O. The average Bonchev–Trinajstić information content (AvgIpc) is 3.07. The smallest absolute Gasteiger partial charge is 0.352 e. The van der Waals surface area contributed by atoms with Crippen LogP contribution >= 0.6 is 0 Å². The van der Waals surface area contributed by atoms with E-state index in [1.165, 1.54) is 12.1 Å². The third-order valence-electron chi connectivity index (χ3n) is 4.18. The number of carbonyl (C=O) groups excluding carboxylic acids is 1. The molecule has 0 aliphatic rings. The van der Waals surface area contributed by atoms with Crippen molar-refractivity contribution in [3.8, 4) is 5.69 Å². The lowest BCUT2D eigenvalue weighted by Crippen LogP contribution is -2.28. The summed E-state index contributed by atoms with van der Waals surface area (Å²) < 4.78 is 67.9. The molecule has 4 nitrogen and oxygen atoms in total. The van der Waals surface area contributed by atoms with Gasteiger partial charge in [0.15, 0.2) is 5.69 Å². The van der Waals surface area contributed by atoms with Gasteiger partial charge in [-0.15, -0.1) is 0 Å². The number of halogens is 5. The summed E-state index contributed by atoms with van der Waals surface area (Å²) in [6.45, 7) is 1.69. The second-order valence-corrected chi connectivity index (χ2v) is 6.44. The highest BCUT2D eigenvalue weighted by atomic mass is 19.4. The second kappa shape index (κ2) is 8.02. The van der Waals surface area contributed by atoms with E-state index >= 15 is 0 Å². The number of amides is 1. The molecule has 9 heteroatoms. The Bertz CT molecular complexity index is 1010. The summed E-state index contributed by atoms with van der Waals surface area (Å²) >= 11 is 0. The Labute approximate surface area is 163 Å². The summed E-state index contributed by atoms with van der Waals surface area (Å²) in [5.41, 5.74) is -0.535. The van der Waals surface area contributed by atoms with Gasteiger partial charge in [0.2, 0.25) is 0 Å². The van der Waals surface area contributed by atoms with Crippen LogP contribution in [0, 0.1) is 18.6 Å². The van der Waals surface area contributed by atoms with Gasteiger partial charge < -0.3 is 5.32 Å². The second-order valence-electron chi connectivity index (χ2n) is 6.44. The molecule has 1 amide bonds. The number of aromatic nitrogens is 2. The van der Waals surface area contributed by atoms with Gasteiger partial charge in [-0.2, -0.15) is 18.3 Å². The summed E-state index contributed by atoms with van der Waals surface area (Å²) in [4.78, 5) is 12.3. The van der Waals surface area contributed by atoms with E-state index in [2.05, 4.69) is 10.4 Å². The molecular weight excluding hydrogens is 393 g/mol. The molecule has 0 aliphatic heterocycles. The molecule has 0 saturated carbocycles. The quantitative estimate of drug-likeness (QED) is 0.633. The molecule has 0 atom stereocenters. The number of nitrogens with one attached hydrogen (secondary N) is 1. The lowest BCUT2D eigenvalue weighted by atomic mass is 10.1. The molecule has 0 spiro atoms. The zero-order valence-corrected chi connectivity index (χ0v) is 15.2. The maximum atomic E-state index is 13.6. The van der Waals surface area contributed by atoms with E-state index in [-0.39, 0.29) is 24.2 Å². The fourth-order valence-corrected chi connectivity index (χ4v) is 2.84. The summed E-state index contributed by atoms with van der Waals surface area (Å²) in [5, 5.41) is 6.07. The first-order valence-corrected chi connectivity index (χ1v) is 8.60. The van der Waals surface area contributed by atoms with E-state index in [4.69, 9.17) is 0 Å². The van der Waals surface area contributed by atoms with Crippen LogP contribution in [-0.4, -0.2) is 22.2 Å². The van der Waals surface area contributed by atoms with E-state index in [0.717, 1.165) is 23.9 Å². The molecule has 0 radical (unpaired) electrons. The molecule has 0 unspecified atom stereocenters. The minimum Gasteiger partial charge on any atom is -0.352 e. The van der Waals surface area contributed by atoms with Crippen LogP contribution in [0.15, 0.2) is 48.7 Å². The van der Waals surface area contributed by atoms with Crippen molar-refractivity contribution in [2.45, 2.75) is 19.5 Å². The van der Waals surface area contributed by atoms with Crippen molar-refractivity contribution >= 4 is 5.91 Å². The van der Waals surface area contributed by atoms with Crippen molar-refractivity contribution in [1.29, 1.82) is 0 Å². The number of hydrogen-bond donors (Lipinski definition) is 1. The third kappa shape index (κ3) is 4.79. The predicted octanol–water partition coefficient (Wildman–Crippen LogP) is 4.45. The molecule has 1 N–H and O–H groups in total. The number of alkyl halides is 3. The van der Waals surface area contributed by atoms with Gasteiger partial charge in [-0.1, -0.05) is 17.7 Å². The maximum absolute atomic E-state index is 13.6. The number of hydrogen-bond acceptors (Lipinski definition) is 2. The summed E-state index contributed by atoms with van der Waals surface area (Å²) in [6.07, 6.45) is -3.92. The molecule has 3 aromatic rings. The summed E-state index contributed by atoms with van der Waals surface area (Å²) in [5.74, 6) is -2.53. The SMILES string of the molecule is Cc1ccc(-n2ncc(C(=O)NCCc3cc(F)cc(F)c3)c2C(F)(F)F)cc1. The fourth-order valence-electron chi connectivity index (χ4n) is 2.84. The Morgan fingerprint density at radius 2 is 1.69 bits per heavy atom. The van der Waals surface area contributed by atoms with Gasteiger partial charge in [-0.05, 0) is 43.2 Å². The minimum atomic E-state index is -4.82. The van der Waals surface area contributed by atoms with Crippen LogP contribution in [0.3, 0.4) is 0 Å². The molecule has 0 saturated heterocycles. The maximum Gasteiger partial charge on any atom is 0.434 e. The third-order valence-corrected chi connectivity index (χ3v) is 4.18. The highest BCUT2D eigenvalue weighted by molar-refractivity contribution is 5.95. The first-order chi connectivity index (χ1) is 13.6. The van der Waals surface area contributed by atoms with Crippen molar-refractivity contribution in [3.63, 3.8) is 0 Å². The Morgan fingerprint density at radius 1 is 1.07 bits per heavy atom. The minimum absolute atomic E-state index is 0.0495. The van der Waals surface area contributed by atoms with E-state index in [0.29, 0.717) is 10.7 Å². The van der Waals surface area contributed by atoms with Crippen molar-refractivity contribution in [1.82, 2.24) is 15.1 Å². The average molecular weight is 409 g/mol. The number of nitrogens with zero attached hydrogens (tertiary/aromatic N) is 2. The monoisotopic (exact) mass is 409 g/mol. The summed E-state index contributed by atoms with van der Waals surface area (Å²) in [7, 11) is 0. The van der Waals surface area contributed by atoms with Gasteiger partial charge in [-0.25, -0.2) is 13.5 Å². The van der Waals surface area contributed by atoms with Crippen LogP contribution in [0.4, 0.5) is 22.0 Å². The Morgan fingerprint density at radius 3 is 2.28 bits per heavy atom. The number of rotatable bonds is 5. The number of carbonyl (C=O) groups is 1. The lowest BCUT2D eigenvalue weighted by Gasteiger charge is -2.13. The van der Waals surface area contributed by atoms with Gasteiger partial charge in [0.1, 0.15) is 11.6 Å². The number of aryl methyl sites for hydroxylation is 1. The van der Waals surface area contributed by atoms with Gasteiger partial charge in [0, 0.05) is 12.6 Å². The van der Waals surface area contributed by atoms with Gasteiger partial charge >= 0.3 is 6.18 Å². The van der Waals surface area contributed by atoms with E-state index in [1.54, 1.807) is 19.1 Å². The lowest BCUT2D eigenvalue weighted by molar-refractivity contribution is -0.143. The Balaban J connectivity index is 1.80. The van der Waals surface area contributed by atoms with Crippen molar-refractivity contribution in [3.05, 3.63) is 82.7 Å². The summed E-state index contributed by atoms with van der Waals surface area (Å²) in [6, 6.07) is 9.09. The van der Waals surface area contributed by atoms with Crippen LogP contribution < -0.4 is 5.32 Å². The van der Waals surface area contributed by atoms with Crippen LogP contribution in [-0.2, 0) is 12.6 Å². The molecule has 3 rings (SSSR count). The van der Waals surface area contributed by atoms with Crippen LogP contribution in [0.1, 0.15) is 27.2 Å². The van der Waals surface area contributed by atoms with Gasteiger partial charge in [-0.3, -0.25) is 4.79 Å². The number of benzene rings is 2. The standard InChI is InChI=1S/C20H16F5N3O/c1-12-2-4-16(5-3-12)28-18(20(23,24)25)17(11-27-28)19(29)26-7-6-13-8-14(21)10-15(22)9-13/h2-5,8-11H,6-7H2,1H3,(H,26,29). The van der Waals surface area contributed by atoms with E-state index in [9.17, 15) is 26.7 Å². The van der Waals surface area contributed by atoms with Crippen LogP contribution in [0.2, 0.25) is 0 Å².